The lowest BCUT2D eigenvalue weighted by Crippen LogP contribution is -2.27. The summed E-state index contributed by atoms with van der Waals surface area (Å²) in [4.78, 5) is 12.3. The normalized spacial score (nSPS) is 14.7. The van der Waals surface area contributed by atoms with E-state index < -0.39 is 0 Å². The van der Waals surface area contributed by atoms with Crippen LogP contribution in [0.4, 0.5) is 0 Å². The summed E-state index contributed by atoms with van der Waals surface area (Å²) in [7, 11) is 0. The molecule has 1 amide bonds. The van der Waals surface area contributed by atoms with E-state index in [0.717, 1.165) is 12.0 Å². The molecule has 0 bridgehead atoms. The number of nitrogens with one attached hydrogen (secondary N) is 1. The summed E-state index contributed by atoms with van der Waals surface area (Å²) >= 11 is 12.3. The molecule has 2 nitrogen and oxygen atoms in total. The van der Waals surface area contributed by atoms with Crippen LogP contribution in [0.3, 0.4) is 0 Å². The lowest BCUT2D eigenvalue weighted by molar-refractivity contribution is -0.121. The number of amides is 1. The Balaban J connectivity index is 1.59. The van der Waals surface area contributed by atoms with E-state index in [1.807, 2.05) is 13.0 Å². The van der Waals surface area contributed by atoms with Crippen LogP contribution in [0.1, 0.15) is 54.5 Å². The number of rotatable bonds is 5. The fourth-order valence-corrected chi connectivity index (χ4v) is 4.02. The lowest BCUT2D eigenvalue weighted by atomic mass is 9.89. The third kappa shape index (κ3) is 4.56. The average Bonchev–Trinajstić information content (AvgIpc) is 2.61. The molecule has 0 saturated carbocycles. The van der Waals surface area contributed by atoms with E-state index in [1.165, 1.54) is 36.0 Å². The van der Waals surface area contributed by atoms with Crippen LogP contribution in [0.5, 0.6) is 0 Å². The first-order valence-electron chi connectivity index (χ1n) is 8.88. The second-order valence-corrected chi connectivity index (χ2v) is 7.54. The fraction of sp³-hybridized carbons (Fsp3) is 0.381. The van der Waals surface area contributed by atoms with Gasteiger partial charge in [-0.1, -0.05) is 47.5 Å². The molecular weight excluding hydrogens is 353 g/mol. The monoisotopic (exact) mass is 375 g/mol. The predicted molar refractivity (Wildman–Crippen MR) is 104 cm³/mol. The van der Waals surface area contributed by atoms with Gasteiger partial charge in [0, 0.05) is 16.5 Å². The van der Waals surface area contributed by atoms with Gasteiger partial charge in [0.2, 0.25) is 5.91 Å². The van der Waals surface area contributed by atoms with Crippen LogP contribution >= 0.6 is 23.2 Å². The van der Waals surface area contributed by atoms with E-state index in [-0.39, 0.29) is 11.9 Å². The number of carbonyl (C=O) groups excluding carboxylic acids is 1. The van der Waals surface area contributed by atoms with Crippen molar-refractivity contribution in [3.8, 4) is 0 Å². The third-order valence-electron chi connectivity index (χ3n) is 4.91. The summed E-state index contributed by atoms with van der Waals surface area (Å²) in [5.74, 6) is 0.0150. The number of aryl methyl sites for hydroxylation is 2. The predicted octanol–water partition coefficient (Wildman–Crippen LogP) is 5.68. The van der Waals surface area contributed by atoms with Crippen LogP contribution < -0.4 is 5.32 Å². The molecule has 25 heavy (non-hydrogen) atoms. The van der Waals surface area contributed by atoms with Crippen molar-refractivity contribution in [1.82, 2.24) is 5.32 Å². The van der Waals surface area contributed by atoms with Crippen LogP contribution in [-0.2, 0) is 24.1 Å². The molecule has 0 heterocycles. The van der Waals surface area contributed by atoms with Crippen molar-refractivity contribution in [2.75, 3.05) is 0 Å². The lowest BCUT2D eigenvalue weighted by Gasteiger charge is -2.20. The summed E-state index contributed by atoms with van der Waals surface area (Å²) < 4.78 is 0. The van der Waals surface area contributed by atoms with Gasteiger partial charge in [0.25, 0.3) is 0 Å². The minimum absolute atomic E-state index is 0.00134. The molecule has 3 rings (SSSR count). The third-order valence-corrected chi connectivity index (χ3v) is 5.62. The van der Waals surface area contributed by atoms with E-state index >= 15 is 0 Å². The van der Waals surface area contributed by atoms with Gasteiger partial charge in [0.05, 0.1) is 6.04 Å². The number of carbonyl (C=O) groups is 1. The highest BCUT2D eigenvalue weighted by molar-refractivity contribution is 6.36. The first-order chi connectivity index (χ1) is 12.0. The Hall–Kier alpha value is -1.51. The summed E-state index contributed by atoms with van der Waals surface area (Å²) in [5, 5.41) is 4.31. The second-order valence-electron chi connectivity index (χ2n) is 6.72. The molecule has 2 aromatic carbocycles. The standard InChI is InChI=1S/C21H23Cl2NO/c1-14(16-10-9-15-5-2-3-6-17(15)13-16)24-21(25)12-11-18-19(22)7-4-8-20(18)23/h4,7-10,13-14H,2-3,5-6,11-12H2,1H3,(H,24,25)/t14-/m0/s1. The molecule has 4 heteroatoms. The van der Waals surface area contributed by atoms with Gasteiger partial charge >= 0.3 is 0 Å². The van der Waals surface area contributed by atoms with Crippen molar-refractivity contribution in [3.05, 3.63) is 68.7 Å². The van der Waals surface area contributed by atoms with E-state index in [2.05, 4.69) is 23.5 Å². The van der Waals surface area contributed by atoms with Gasteiger partial charge in [0.15, 0.2) is 0 Å². The highest BCUT2D eigenvalue weighted by Crippen LogP contribution is 2.26. The number of benzene rings is 2. The van der Waals surface area contributed by atoms with Gasteiger partial charge < -0.3 is 5.32 Å². The maximum atomic E-state index is 12.3. The fourth-order valence-electron chi connectivity index (χ4n) is 3.43. The molecule has 0 aromatic heterocycles. The van der Waals surface area contributed by atoms with Crippen LogP contribution in [0.15, 0.2) is 36.4 Å². The summed E-state index contributed by atoms with van der Waals surface area (Å²) in [6.45, 7) is 2.03. The Morgan fingerprint density at radius 3 is 2.48 bits per heavy atom. The average molecular weight is 376 g/mol. The van der Waals surface area contributed by atoms with E-state index in [4.69, 9.17) is 23.2 Å². The van der Waals surface area contributed by atoms with Crippen LogP contribution in [-0.4, -0.2) is 5.91 Å². The zero-order valence-electron chi connectivity index (χ0n) is 14.4. The molecule has 1 aliphatic rings. The summed E-state index contributed by atoms with van der Waals surface area (Å²) in [6, 6.07) is 12.0. The van der Waals surface area contributed by atoms with E-state index in [1.54, 1.807) is 12.1 Å². The maximum Gasteiger partial charge on any atom is 0.220 e. The molecule has 0 radical (unpaired) electrons. The van der Waals surface area contributed by atoms with Crippen molar-refractivity contribution in [1.29, 1.82) is 0 Å². The largest absolute Gasteiger partial charge is 0.350 e. The highest BCUT2D eigenvalue weighted by atomic mass is 35.5. The molecule has 132 valence electrons. The quantitative estimate of drug-likeness (QED) is 0.714. The zero-order chi connectivity index (χ0) is 17.8. The Morgan fingerprint density at radius 1 is 1.08 bits per heavy atom. The van der Waals surface area contributed by atoms with E-state index in [9.17, 15) is 4.79 Å². The number of hydrogen-bond donors (Lipinski definition) is 1. The van der Waals surface area contributed by atoms with Gasteiger partial charge in [0.1, 0.15) is 0 Å². The van der Waals surface area contributed by atoms with Crippen molar-refractivity contribution in [2.24, 2.45) is 0 Å². The Morgan fingerprint density at radius 2 is 1.76 bits per heavy atom. The van der Waals surface area contributed by atoms with Gasteiger partial charge in [-0.25, -0.2) is 0 Å². The minimum Gasteiger partial charge on any atom is -0.350 e. The van der Waals surface area contributed by atoms with Crippen molar-refractivity contribution in [2.45, 2.75) is 51.5 Å². The second kappa shape index (κ2) is 8.25. The number of hydrogen-bond acceptors (Lipinski definition) is 1. The van der Waals surface area contributed by atoms with Crippen molar-refractivity contribution >= 4 is 29.1 Å². The molecule has 0 unspecified atom stereocenters. The van der Waals surface area contributed by atoms with Crippen LogP contribution in [0, 0.1) is 0 Å². The molecule has 0 aliphatic heterocycles. The highest BCUT2D eigenvalue weighted by Gasteiger charge is 2.15. The topological polar surface area (TPSA) is 29.1 Å². The van der Waals surface area contributed by atoms with Crippen LogP contribution in [0.2, 0.25) is 10.0 Å². The van der Waals surface area contributed by atoms with Crippen LogP contribution in [0.25, 0.3) is 0 Å². The first-order valence-corrected chi connectivity index (χ1v) is 9.64. The summed E-state index contributed by atoms with van der Waals surface area (Å²) in [5.41, 5.74) is 4.90. The molecular formula is C21H23Cl2NO. The first kappa shape index (κ1) is 18.3. The van der Waals surface area contributed by atoms with Gasteiger partial charge in [-0.2, -0.15) is 0 Å². The Bertz CT molecular complexity index is 752. The molecule has 1 aliphatic carbocycles. The number of fused-ring (bicyclic) bond motifs is 1. The van der Waals surface area contributed by atoms with Gasteiger partial charge in [-0.3, -0.25) is 4.79 Å². The SMILES string of the molecule is C[C@H](NC(=O)CCc1c(Cl)cccc1Cl)c1ccc2c(c1)CCCC2. The van der Waals surface area contributed by atoms with E-state index in [0.29, 0.717) is 22.9 Å². The molecule has 0 saturated heterocycles. The summed E-state index contributed by atoms with van der Waals surface area (Å²) in [6.07, 6.45) is 5.78. The Kier molecular flexibility index (Phi) is 6.03. The van der Waals surface area contributed by atoms with Gasteiger partial charge in [-0.05, 0) is 73.4 Å². The minimum atomic E-state index is 0.00134. The maximum absolute atomic E-state index is 12.3. The molecule has 0 fully saturated rings. The Labute approximate surface area is 159 Å². The van der Waals surface area contributed by atoms with Crippen molar-refractivity contribution in [3.63, 3.8) is 0 Å². The smallest absolute Gasteiger partial charge is 0.220 e. The number of halogens is 2. The molecule has 0 spiro atoms. The molecule has 1 atom stereocenters. The van der Waals surface area contributed by atoms with Gasteiger partial charge in [-0.15, -0.1) is 0 Å². The van der Waals surface area contributed by atoms with Crippen molar-refractivity contribution < 1.29 is 4.79 Å². The molecule has 2 aromatic rings. The molecule has 1 N–H and O–H groups in total. The zero-order valence-corrected chi connectivity index (χ0v) is 16.0.